The van der Waals surface area contributed by atoms with Crippen molar-refractivity contribution in [2.45, 2.75) is 6.04 Å². The highest BCUT2D eigenvalue weighted by molar-refractivity contribution is 7.10. The van der Waals surface area contributed by atoms with Crippen molar-refractivity contribution in [3.8, 4) is 0 Å². The second kappa shape index (κ2) is 3.35. The zero-order valence-corrected chi connectivity index (χ0v) is 8.28. The molecule has 1 aliphatic rings. The van der Waals surface area contributed by atoms with Gasteiger partial charge in [-0.1, -0.05) is 6.07 Å². The maximum atomic E-state index is 11.6. The Morgan fingerprint density at radius 2 is 2.27 bits per heavy atom. The summed E-state index contributed by atoms with van der Waals surface area (Å²) in [4.78, 5) is 34.7. The minimum absolute atomic E-state index is 0.407. The molecular weight excluding hydrogens is 218 g/mol. The van der Waals surface area contributed by atoms with Gasteiger partial charge in [0.05, 0.1) is 0 Å². The predicted octanol–water partition coefficient (Wildman–Crippen LogP) is 0.420. The molecule has 5 amide bonds. The molecule has 0 spiro atoms. The first-order valence-corrected chi connectivity index (χ1v) is 4.96. The van der Waals surface area contributed by atoms with E-state index in [1.165, 1.54) is 11.3 Å². The highest BCUT2D eigenvalue weighted by Gasteiger charge is 2.42. The van der Waals surface area contributed by atoms with Gasteiger partial charge >= 0.3 is 12.1 Å². The largest absolute Gasteiger partial charge is 0.351 e. The molecule has 0 radical (unpaired) electrons. The normalized spacial score (nSPS) is 20.5. The van der Waals surface area contributed by atoms with E-state index in [-0.39, 0.29) is 0 Å². The molecule has 1 aliphatic heterocycles. The Morgan fingerprint density at radius 3 is 2.73 bits per heavy atom. The van der Waals surface area contributed by atoms with E-state index in [1.807, 2.05) is 0 Å². The fourth-order valence-corrected chi connectivity index (χ4v) is 2.10. The molecule has 1 fully saturated rings. The molecule has 7 heteroatoms. The Labute approximate surface area is 88.7 Å². The number of rotatable bonds is 1. The van der Waals surface area contributed by atoms with Gasteiger partial charge in [-0.25, -0.2) is 9.59 Å². The lowest BCUT2D eigenvalue weighted by atomic mass is 10.2. The van der Waals surface area contributed by atoms with Gasteiger partial charge < -0.3 is 11.1 Å². The summed E-state index contributed by atoms with van der Waals surface area (Å²) in [5.41, 5.74) is 4.90. The number of nitrogens with one attached hydrogen (secondary N) is 1. The van der Waals surface area contributed by atoms with Crippen LogP contribution >= 0.6 is 11.3 Å². The van der Waals surface area contributed by atoms with Crippen molar-refractivity contribution in [2.75, 3.05) is 0 Å². The van der Waals surface area contributed by atoms with Crippen LogP contribution in [0.1, 0.15) is 10.9 Å². The Hall–Kier alpha value is -1.89. The van der Waals surface area contributed by atoms with Gasteiger partial charge in [-0.05, 0) is 11.4 Å². The van der Waals surface area contributed by atoms with E-state index in [0.29, 0.717) is 9.78 Å². The highest BCUT2D eigenvalue weighted by Crippen LogP contribution is 2.25. The van der Waals surface area contributed by atoms with Crippen LogP contribution in [-0.2, 0) is 4.79 Å². The fourth-order valence-electron chi connectivity index (χ4n) is 1.34. The van der Waals surface area contributed by atoms with E-state index in [2.05, 4.69) is 5.32 Å². The molecule has 6 nitrogen and oxygen atoms in total. The molecule has 0 aromatic carbocycles. The minimum Gasteiger partial charge on any atom is -0.351 e. The number of carbonyl (C=O) groups is 3. The second-order valence-electron chi connectivity index (χ2n) is 2.91. The Kier molecular flexibility index (Phi) is 2.16. The van der Waals surface area contributed by atoms with Crippen LogP contribution in [0.4, 0.5) is 9.59 Å². The van der Waals surface area contributed by atoms with Crippen molar-refractivity contribution in [3.63, 3.8) is 0 Å². The number of carbonyl (C=O) groups excluding carboxylic acids is 3. The molecule has 15 heavy (non-hydrogen) atoms. The van der Waals surface area contributed by atoms with Crippen LogP contribution in [0.25, 0.3) is 0 Å². The summed E-state index contributed by atoms with van der Waals surface area (Å²) in [6.07, 6.45) is 0. The SMILES string of the molecule is NC(=O)N1C(=O)NC(c2cccs2)C1=O. The molecule has 0 aliphatic carbocycles. The van der Waals surface area contributed by atoms with Gasteiger partial charge in [0.1, 0.15) is 6.04 Å². The van der Waals surface area contributed by atoms with E-state index in [9.17, 15) is 14.4 Å². The standard InChI is InChI=1S/C8H7N3O3S/c9-7(13)11-6(12)5(10-8(11)14)4-2-1-3-15-4/h1-3,5H,(H2,9,13)(H,10,14). The zero-order valence-electron chi connectivity index (χ0n) is 7.47. The first-order chi connectivity index (χ1) is 7.11. The summed E-state index contributed by atoms with van der Waals surface area (Å²) < 4.78 is 0. The van der Waals surface area contributed by atoms with E-state index in [0.717, 1.165) is 0 Å². The highest BCUT2D eigenvalue weighted by atomic mass is 32.1. The van der Waals surface area contributed by atoms with Crippen molar-refractivity contribution < 1.29 is 14.4 Å². The molecule has 0 bridgehead atoms. The smallest absolute Gasteiger partial charge is 0.333 e. The molecular formula is C8H7N3O3S. The third-order valence-electron chi connectivity index (χ3n) is 1.99. The fraction of sp³-hybridized carbons (Fsp3) is 0.125. The second-order valence-corrected chi connectivity index (χ2v) is 3.89. The van der Waals surface area contributed by atoms with Gasteiger partial charge in [0.15, 0.2) is 0 Å². The van der Waals surface area contributed by atoms with Crippen molar-refractivity contribution >= 4 is 29.3 Å². The summed E-state index contributed by atoms with van der Waals surface area (Å²) in [5, 5.41) is 4.16. The van der Waals surface area contributed by atoms with Crippen LogP contribution in [0.5, 0.6) is 0 Å². The van der Waals surface area contributed by atoms with E-state index < -0.39 is 24.0 Å². The third-order valence-corrected chi connectivity index (χ3v) is 2.92. The lowest BCUT2D eigenvalue weighted by molar-refractivity contribution is -0.125. The summed E-state index contributed by atoms with van der Waals surface area (Å²) in [6.45, 7) is 0. The van der Waals surface area contributed by atoms with Crippen LogP contribution < -0.4 is 11.1 Å². The number of amides is 5. The molecule has 2 rings (SSSR count). The molecule has 1 atom stereocenters. The number of nitrogens with two attached hydrogens (primary N) is 1. The van der Waals surface area contributed by atoms with Crippen LogP contribution in [0.15, 0.2) is 17.5 Å². The molecule has 0 saturated carbocycles. The molecule has 1 aromatic rings. The van der Waals surface area contributed by atoms with Gasteiger partial charge in [0.25, 0.3) is 5.91 Å². The summed E-state index contributed by atoms with van der Waals surface area (Å²) >= 11 is 1.33. The van der Waals surface area contributed by atoms with E-state index in [4.69, 9.17) is 5.73 Å². The third kappa shape index (κ3) is 1.46. The quantitative estimate of drug-likeness (QED) is 0.678. The number of hydrogen-bond acceptors (Lipinski definition) is 4. The van der Waals surface area contributed by atoms with Gasteiger partial charge in [-0.3, -0.25) is 4.79 Å². The van der Waals surface area contributed by atoms with Gasteiger partial charge in [0.2, 0.25) is 0 Å². The molecule has 3 N–H and O–H groups in total. The topological polar surface area (TPSA) is 92.5 Å². The lowest BCUT2D eigenvalue weighted by Gasteiger charge is -2.06. The zero-order chi connectivity index (χ0) is 11.0. The van der Waals surface area contributed by atoms with E-state index >= 15 is 0 Å². The van der Waals surface area contributed by atoms with Crippen molar-refractivity contribution in [2.24, 2.45) is 5.73 Å². The molecule has 1 aromatic heterocycles. The minimum atomic E-state index is -1.06. The number of urea groups is 2. The Bertz CT molecular complexity index is 428. The number of primary amides is 1. The van der Waals surface area contributed by atoms with E-state index in [1.54, 1.807) is 17.5 Å². The Balaban J connectivity index is 2.30. The van der Waals surface area contributed by atoms with Gasteiger partial charge in [-0.2, -0.15) is 4.90 Å². The number of hydrogen-bond donors (Lipinski definition) is 2. The van der Waals surface area contributed by atoms with Crippen LogP contribution in [0, 0.1) is 0 Å². The predicted molar refractivity (Wildman–Crippen MR) is 52.0 cm³/mol. The van der Waals surface area contributed by atoms with Crippen LogP contribution in [-0.4, -0.2) is 22.9 Å². The Morgan fingerprint density at radius 1 is 1.53 bits per heavy atom. The van der Waals surface area contributed by atoms with Crippen LogP contribution in [0.2, 0.25) is 0 Å². The molecule has 1 unspecified atom stereocenters. The maximum Gasteiger partial charge on any atom is 0.333 e. The molecule has 2 heterocycles. The summed E-state index contributed by atoms with van der Waals surface area (Å²) in [5.74, 6) is -0.630. The first kappa shape index (κ1) is 9.66. The average molecular weight is 225 g/mol. The number of thiophene rings is 1. The van der Waals surface area contributed by atoms with Crippen molar-refractivity contribution in [1.29, 1.82) is 0 Å². The lowest BCUT2D eigenvalue weighted by Crippen LogP contribution is -2.40. The molecule has 78 valence electrons. The monoisotopic (exact) mass is 225 g/mol. The number of nitrogens with zero attached hydrogens (tertiary/aromatic N) is 1. The van der Waals surface area contributed by atoms with Gasteiger partial charge in [0, 0.05) is 4.88 Å². The first-order valence-electron chi connectivity index (χ1n) is 4.08. The summed E-state index contributed by atoms with van der Waals surface area (Å²) in [7, 11) is 0. The number of imide groups is 3. The van der Waals surface area contributed by atoms with Gasteiger partial charge in [-0.15, -0.1) is 11.3 Å². The van der Waals surface area contributed by atoms with Crippen molar-refractivity contribution in [3.05, 3.63) is 22.4 Å². The van der Waals surface area contributed by atoms with Crippen LogP contribution in [0.3, 0.4) is 0 Å². The maximum absolute atomic E-state index is 11.6. The van der Waals surface area contributed by atoms with Crippen molar-refractivity contribution in [1.82, 2.24) is 10.2 Å². The summed E-state index contributed by atoms with van der Waals surface area (Å²) in [6, 6.07) is 0.845. The molecule has 1 saturated heterocycles. The average Bonchev–Trinajstić information content (AvgIpc) is 2.72.